The Labute approximate surface area is 129 Å². The molecular formula is C17H19NO4. The Balaban J connectivity index is 2.22. The number of carbonyl (C=O) groups is 2. The maximum Gasteiger partial charge on any atom is 0.327 e. The summed E-state index contributed by atoms with van der Waals surface area (Å²) in [7, 11) is 0. The van der Waals surface area contributed by atoms with E-state index in [2.05, 4.69) is 0 Å². The molecule has 0 saturated heterocycles. The number of carboxylic acids is 1. The predicted octanol–water partition coefficient (Wildman–Crippen LogP) is 2.90. The summed E-state index contributed by atoms with van der Waals surface area (Å²) in [4.78, 5) is 22.5. The zero-order chi connectivity index (χ0) is 16.3. The molecule has 2 rings (SSSR count). The second-order valence-corrected chi connectivity index (χ2v) is 5.28. The van der Waals surface area contributed by atoms with Crippen LogP contribution in [0.25, 0.3) is 0 Å². The molecule has 1 atom stereocenters. The van der Waals surface area contributed by atoms with Crippen LogP contribution < -0.4 is 4.74 Å². The molecular weight excluding hydrogens is 282 g/mol. The van der Waals surface area contributed by atoms with Gasteiger partial charge in [0.05, 0.1) is 0 Å². The van der Waals surface area contributed by atoms with Gasteiger partial charge in [0, 0.05) is 24.7 Å². The number of hydrogen-bond donors (Lipinski definition) is 1. The minimum Gasteiger partial charge on any atom is -0.480 e. The summed E-state index contributed by atoms with van der Waals surface area (Å²) in [6.45, 7) is 5.13. The molecule has 116 valence electrons. The summed E-state index contributed by atoms with van der Waals surface area (Å²) in [5, 5.41) is 9.54. The lowest BCUT2D eigenvalue weighted by molar-refractivity contribution is -0.141. The van der Waals surface area contributed by atoms with E-state index in [-0.39, 0.29) is 5.97 Å². The lowest BCUT2D eigenvalue weighted by Crippen LogP contribution is -2.23. The lowest BCUT2D eigenvalue weighted by atomic mass is 10.1. The van der Waals surface area contributed by atoms with Gasteiger partial charge in [-0.1, -0.05) is 12.1 Å². The van der Waals surface area contributed by atoms with Crippen LogP contribution in [0.2, 0.25) is 0 Å². The van der Waals surface area contributed by atoms with Crippen LogP contribution in [-0.2, 0) is 16.0 Å². The summed E-state index contributed by atoms with van der Waals surface area (Å²) in [5.74, 6) is -0.794. The summed E-state index contributed by atoms with van der Waals surface area (Å²) in [5.41, 5.74) is 2.71. The van der Waals surface area contributed by atoms with E-state index in [0.29, 0.717) is 12.2 Å². The van der Waals surface area contributed by atoms with Crippen LogP contribution in [0.5, 0.6) is 5.75 Å². The van der Waals surface area contributed by atoms with Crippen LogP contribution in [0, 0.1) is 13.8 Å². The third-order valence-electron chi connectivity index (χ3n) is 3.54. The number of nitrogens with zero attached hydrogens (tertiary/aromatic N) is 1. The Morgan fingerprint density at radius 3 is 2.09 bits per heavy atom. The van der Waals surface area contributed by atoms with Crippen molar-refractivity contribution in [3.8, 4) is 5.75 Å². The van der Waals surface area contributed by atoms with Crippen LogP contribution in [0.15, 0.2) is 36.4 Å². The number of esters is 1. The van der Waals surface area contributed by atoms with Gasteiger partial charge in [0.2, 0.25) is 0 Å². The topological polar surface area (TPSA) is 68.5 Å². The molecule has 0 spiro atoms. The average molecular weight is 301 g/mol. The minimum absolute atomic E-state index is 0.367. The Morgan fingerprint density at radius 2 is 1.64 bits per heavy atom. The molecule has 0 fully saturated rings. The number of rotatable bonds is 5. The summed E-state index contributed by atoms with van der Waals surface area (Å²) >= 11 is 0. The molecule has 1 N–H and O–H groups in total. The number of aryl methyl sites for hydroxylation is 2. The number of aliphatic carboxylic acids is 1. The first-order valence-electron chi connectivity index (χ1n) is 7.03. The quantitative estimate of drug-likeness (QED) is 0.681. The van der Waals surface area contributed by atoms with Crippen molar-refractivity contribution in [2.24, 2.45) is 0 Å². The molecule has 1 unspecified atom stereocenters. The molecule has 1 aromatic heterocycles. The Morgan fingerprint density at radius 1 is 1.09 bits per heavy atom. The molecule has 1 aromatic carbocycles. The number of carbonyl (C=O) groups excluding carboxylic acids is 1. The Hall–Kier alpha value is -2.56. The van der Waals surface area contributed by atoms with Gasteiger partial charge in [-0.15, -0.1) is 0 Å². The van der Waals surface area contributed by atoms with Crippen LogP contribution >= 0.6 is 0 Å². The molecule has 22 heavy (non-hydrogen) atoms. The molecule has 5 heteroatoms. The van der Waals surface area contributed by atoms with Crippen molar-refractivity contribution in [2.45, 2.75) is 33.2 Å². The number of hydrogen-bond acceptors (Lipinski definition) is 3. The molecule has 0 aliphatic heterocycles. The largest absolute Gasteiger partial charge is 0.480 e. The van der Waals surface area contributed by atoms with E-state index < -0.39 is 12.0 Å². The average Bonchev–Trinajstić information content (AvgIpc) is 2.77. The van der Waals surface area contributed by atoms with Gasteiger partial charge < -0.3 is 14.4 Å². The van der Waals surface area contributed by atoms with Crippen molar-refractivity contribution in [3.05, 3.63) is 53.3 Å². The number of benzene rings is 1. The van der Waals surface area contributed by atoms with E-state index in [0.717, 1.165) is 17.0 Å². The van der Waals surface area contributed by atoms with Crippen LogP contribution in [0.1, 0.15) is 29.9 Å². The van der Waals surface area contributed by atoms with Gasteiger partial charge in [-0.3, -0.25) is 4.79 Å². The predicted molar refractivity (Wildman–Crippen MR) is 82.0 cm³/mol. The fourth-order valence-electron chi connectivity index (χ4n) is 2.54. The SMILES string of the molecule is CC(=O)Oc1ccc(CC(C(=O)O)n2c(C)ccc2C)cc1. The highest BCUT2D eigenvalue weighted by molar-refractivity contribution is 5.73. The highest BCUT2D eigenvalue weighted by Crippen LogP contribution is 2.22. The molecule has 1 heterocycles. The van der Waals surface area contributed by atoms with Crippen molar-refractivity contribution in [1.82, 2.24) is 4.57 Å². The first-order chi connectivity index (χ1) is 10.4. The highest BCUT2D eigenvalue weighted by Gasteiger charge is 2.22. The smallest absolute Gasteiger partial charge is 0.327 e. The van der Waals surface area contributed by atoms with Gasteiger partial charge in [0.25, 0.3) is 0 Å². The maximum atomic E-state index is 11.6. The minimum atomic E-state index is -0.869. The van der Waals surface area contributed by atoms with Gasteiger partial charge in [0.15, 0.2) is 0 Å². The normalized spacial score (nSPS) is 12.0. The lowest BCUT2D eigenvalue weighted by Gasteiger charge is -2.19. The number of carboxylic acid groups (broad SMARTS) is 1. The van der Waals surface area contributed by atoms with Crippen LogP contribution in [-0.4, -0.2) is 21.6 Å². The van der Waals surface area contributed by atoms with Crippen molar-refractivity contribution in [1.29, 1.82) is 0 Å². The first-order valence-corrected chi connectivity index (χ1v) is 7.03. The fraction of sp³-hybridized carbons (Fsp3) is 0.294. The Bertz CT molecular complexity index is 666. The van der Waals surface area contributed by atoms with Crippen LogP contribution in [0.4, 0.5) is 0 Å². The molecule has 5 nitrogen and oxygen atoms in total. The van der Waals surface area contributed by atoms with Gasteiger partial charge in [0.1, 0.15) is 11.8 Å². The second-order valence-electron chi connectivity index (χ2n) is 5.28. The molecule has 0 saturated carbocycles. The van der Waals surface area contributed by atoms with E-state index in [4.69, 9.17) is 4.74 Å². The van der Waals surface area contributed by atoms with E-state index in [1.807, 2.05) is 30.5 Å². The third kappa shape index (κ3) is 3.55. The van der Waals surface area contributed by atoms with Gasteiger partial charge in [-0.05, 0) is 43.7 Å². The zero-order valence-electron chi connectivity index (χ0n) is 12.9. The molecule has 0 aliphatic rings. The molecule has 2 aromatic rings. The second kappa shape index (κ2) is 6.47. The highest BCUT2D eigenvalue weighted by atomic mass is 16.5. The molecule has 0 aliphatic carbocycles. The monoisotopic (exact) mass is 301 g/mol. The Kier molecular flexibility index (Phi) is 4.65. The van der Waals surface area contributed by atoms with E-state index >= 15 is 0 Å². The van der Waals surface area contributed by atoms with Gasteiger partial charge >= 0.3 is 11.9 Å². The third-order valence-corrected chi connectivity index (χ3v) is 3.54. The van der Waals surface area contributed by atoms with E-state index in [1.165, 1.54) is 6.92 Å². The summed E-state index contributed by atoms with van der Waals surface area (Å²) in [6.07, 6.45) is 0.367. The van der Waals surface area contributed by atoms with Crippen molar-refractivity contribution in [3.63, 3.8) is 0 Å². The molecule has 0 radical (unpaired) electrons. The standard InChI is InChI=1S/C17H19NO4/c1-11-4-5-12(2)18(11)16(17(20)21)10-14-6-8-15(9-7-14)22-13(3)19/h4-9,16H,10H2,1-3H3,(H,20,21). The molecule has 0 amide bonds. The van der Waals surface area contributed by atoms with Crippen molar-refractivity contribution >= 4 is 11.9 Å². The number of ether oxygens (including phenoxy) is 1. The van der Waals surface area contributed by atoms with E-state index in [1.54, 1.807) is 24.3 Å². The molecule has 0 bridgehead atoms. The van der Waals surface area contributed by atoms with Gasteiger partial charge in [-0.25, -0.2) is 4.79 Å². The van der Waals surface area contributed by atoms with Crippen molar-refractivity contribution < 1.29 is 19.4 Å². The zero-order valence-corrected chi connectivity index (χ0v) is 12.9. The number of aromatic nitrogens is 1. The first kappa shape index (κ1) is 15.8. The summed E-state index contributed by atoms with van der Waals surface area (Å²) < 4.78 is 6.79. The van der Waals surface area contributed by atoms with E-state index in [9.17, 15) is 14.7 Å². The maximum absolute atomic E-state index is 11.6. The van der Waals surface area contributed by atoms with Crippen LogP contribution in [0.3, 0.4) is 0 Å². The van der Waals surface area contributed by atoms with Crippen molar-refractivity contribution in [2.75, 3.05) is 0 Å². The van der Waals surface area contributed by atoms with Gasteiger partial charge in [-0.2, -0.15) is 0 Å². The fourth-order valence-corrected chi connectivity index (χ4v) is 2.54. The summed E-state index contributed by atoms with van der Waals surface area (Å²) in [6, 6.07) is 10.1.